The highest BCUT2D eigenvalue weighted by atomic mass is 35.5. The van der Waals surface area contributed by atoms with Crippen molar-refractivity contribution < 1.29 is 4.79 Å². The zero-order valence-electron chi connectivity index (χ0n) is 6.61. The van der Waals surface area contributed by atoms with Crippen LogP contribution < -0.4 is 0 Å². The molecule has 0 aliphatic carbocycles. The van der Waals surface area contributed by atoms with Crippen LogP contribution in [0.4, 0.5) is 0 Å². The molecule has 0 saturated carbocycles. The number of amides is 1. The normalized spacial score (nSPS) is 15.3. The van der Waals surface area contributed by atoms with E-state index < -0.39 is 0 Å². The molecule has 0 saturated heterocycles. The van der Waals surface area contributed by atoms with Crippen LogP contribution in [0.2, 0.25) is 4.47 Å². The summed E-state index contributed by atoms with van der Waals surface area (Å²) in [6.07, 6.45) is 3.89. The molecule has 1 amide bonds. The van der Waals surface area contributed by atoms with E-state index in [9.17, 15) is 4.79 Å². The molecule has 2 heterocycles. The van der Waals surface area contributed by atoms with Gasteiger partial charge in [-0.25, -0.2) is 0 Å². The van der Waals surface area contributed by atoms with Crippen molar-refractivity contribution in [2.45, 2.75) is 0 Å². The molecule has 0 N–H and O–H groups in total. The van der Waals surface area contributed by atoms with Gasteiger partial charge in [-0.3, -0.25) is 4.79 Å². The predicted octanol–water partition coefficient (Wildman–Crippen LogP) is 1.20. The van der Waals surface area contributed by atoms with Crippen LogP contribution in [0.15, 0.2) is 12.2 Å². The summed E-state index contributed by atoms with van der Waals surface area (Å²) < 4.78 is 0.301. The lowest BCUT2D eigenvalue weighted by Crippen LogP contribution is -2.28. The van der Waals surface area contributed by atoms with Crippen molar-refractivity contribution >= 4 is 28.8 Å². The van der Waals surface area contributed by atoms with Gasteiger partial charge in [0.25, 0.3) is 5.91 Å². The van der Waals surface area contributed by atoms with E-state index >= 15 is 0 Å². The Labute approximate surface area is 83.8 Å². The first-order valence-electron chi connectivity index (χ1n) is 3.70. The highest BCUT2D eigenvalue weighted by molar-refractivity contribution is 7.17. The fraction of sp³-hybridized carbons (Fsp3) is 0.286. The second-order valence-corrected chi connectivity index (χ2v) is 4.10. The molecule has 0 fully saturated rings. The first-order valence-corrected chi connectivity index (χ1v) is 4.90. The van der Waals surface area contributed by atoms with Gasteiger partial charge in [-0.15, -0.1) is 10.2 Å². The highest BCUT2D eigenvalue weighted by Gasteiger charge is 2.19. The summed E-state index contributed by atoms with van der Waals surface area (Å²) in [4.78, 5) is 13.3. The summed E-state index contributed by atoms with van der Waals surface area (Å²) in [5.74, 6) is -0.102. The lowest BCUT2D eigenvalue weighted by Gasteiger charge is -2.11. The Morgan fingerprint density at radius 2 is 2.15 bits per heavy atom. The van der Waals surface area contributed by atoms with E-state index in [0.29, 0.717) is 22.6 Å². The SMILES string of the molecule is O=C(c1nnc(Cl)s1)N1CC=CC1. The molecule has 1 aliphatic rings. The van der Waals surface area contributed by atoms with E-state index in [1.165, 1.54) is 0 Å². The number of carbonyl (C=O) groups is 1. The van der Waals surface area contributed by atoms with Gasteiger partial charge in [-0.05, 0) is 11.6 Å². The Kier molecular flexibility index (Phi) is 2.28. The summed E-state index contributed by atoms with van der Waals surface area (Å²) in [5.41, 5.74) is 0. The van der Waals surface area contributed by atoms with Gasteiger partial charge in [0.05, 0.1) is 0 Å². The van der Waals surface area contributed by atoms with Crippen molar-refractivity contribution in [1.82, 2.24) is 15.1 Å². The van der Waals surface area contributed by atoms with Gasteiger partial charge in [-0.2, -0.15) is 0 Å². The molecule has 1 aromatic heterocycles. The molecule has 1 aliphatic heterocycles. The molecule has 13 heavy (non-hydrogen) atoms. The highest BCUT2D eigenvalue weighted by Crippen LogP contribution is 2.17. The Morgan fingerprint density at radius 3 is 2.69 bits per heavy atom. The van der Waals surface area contributed by atoms with E-state index in [0.717, 1.165) is 11.3 Å². The first kappa shape index (κ1) is 8.65. The van der Waals surface area contributed by atoms with Crippen LogP contribution in [0.25, 0.3) is 0 Å². The number of carbonyl (C=O) groups excluding carboxylic acids is 1. The van der Waals surface area contributed by atoms with Crippen LogP contribution in [0, 0.1) is 0 Å². The fourth-order valence-corrected chi connectivity index (χ4v) is 1.87. The number of hydrogen-bond donors (Lipinski definition) is 0. The molecule has 0 bridgehead atoms. The number of rotatable bonds is 1. The van der Waals surface area contributed by atoms with Gasteiger partial charge in [-0.1, -0.05) is 23.5 Å². The van der Waals surface area contributed by atoms with E-state index in [2.05, 4.69) is 10.2 Å². The lowest BCUT2D eigenvalue weighted by molar-refractivity contribution is 0.0799. The fourth-order valence-electron chi connectivity index (χ4n) is 1.07. The van der Waals surface area contributed by atoms with Crippen molar-refractivity contribution in [3.63, 3.8) is 0 Å². The van der Waals surface area contributed by atoms with Gasteiger partial charge in [0, 0.05) is 13.1 Å². The molecular weight excluding hydrogens is 210 g/mol. The molecular formula is C7H6ClN3OS. The van der Waals surface area contributed by atoms with Crippen LogP contribution in [0.3, 0.4) is 0 Å². The zero-order chi connectivity index (χ0) is 9.26. The standard InChI is InChI=1S/C7H6ClN3OS/c8-7-10-9-5(13-7)6(12)11-3-1-2-4-11/h1-2H,3-4H2. The Balaban J connectivity index is 2.13. The summed E-state index contributed by atoms with van der Waals surface area (Å²) in [5, 5.41) is 7.61. The summed E-state index contributed by atoms with van der Waals surface area (Å²) in [6, 6.07) is 0. The molecule has 6 heteroatoms. The van der Waals surface area contributed by atoms with E-state index in [1.807, 2.05) is 12.2 Å². The zero-order valence-corrected chi connectivity index (χ0v) is 8.18. The third kappa shape index (κ3) is 1.71. The van der Waals surface area contributed by atoms with Gasteiger partial charge < -0.3 is 4.90 Å². The van der Waals surface area contributed by atoms with E-state index in [-0.39, 0.29) is 5.91 Å². The third-order valence-corrected chi connectivity index (χ3v) is 2.70. The van der Waals surface area contributed by atoms with E-state index in [1.54, 1.807) is 4.90 Å². The second kappa shape index (κ2) is 3.43. The van der Waals surface area contributed by atoms with Crippen LogP contribution in [-0.4, -0.2) is 34.1 Å². The molecule has 0 unspecified atom stereocenters. The molecule has 1 aromatic rings. The number of nitrogens with zero attached hydrogens (tertiary/aromatic N) is 3. The van der Waals surface area contributed by atoms with Gasteiger partial charge in [0.1, 0.15) is 0 Å². The van der Waals surface area contributed by atoms with Crippen LogP contribution in [-0.2, 0) is 0 Å². The Bertz CT molecular complexity index is 354. The molecule has 0 aromatic carbocycles. The van der Waals surface area contributed by atoms with Crippen molar-refractivity contribution in [2.75, 3.05) is 13.1 Å². The molecule has 4 nitrogen and oxygen atoms in total. The molecule has 0 atom stereocenters. The second-order valence-electron chi connectivity index (χ2n) is 2.54. The Morgan fingerprint density at radius 1 is 1.46 bits per heavy atom. The van der Waals surface area contributed by atoms with Crippen molar-refractivity contribution in [2.24, 2.45) is 0 Å². The molecule has 68 valence electrons. The van der Waals surface area contributed by atoms with Crippen LogP contribution in [0.1, 0.15) is 9.80 Å². The number of hydrogen-bond acceptors (Lipinski definition) is 4. The smallest absolute Gasteiger partial charge is 0.285 e. The molecule has 2 rings (SSSR count). The van der Waals surface area contributed by atoms with Gasteiger partial charge in [0.15, 0.2) is 0 Å². The lowest BCUT2D eigenvalue weighted by atomic mass is 10.5. The van der Waals surface area contributed by atoms with Gasteiger partial charge >= 0.3 is 0 Å². The minimum atomic E-state index is -0.102. The summed E-state index contributed by atoms with van der Waals surface area (Å²) in [6.45, 7) is 1.30. The maximum atomic E-state index is 11.6. The minimum Gasteiger partial charge on any atom is -0.329 e. The number of aromatic nitrogens is 2. The average Bonchev–Trinajstić information content (AvgIpc) is 2.72. The van der Waals surface area contributed by atoms with Crippen molar-refractivity contribution in [1.29, 1.82) is 0 Å². The first-order chi connectivity index (χ1) is 6.27. The maximum absolute atomic E-state index is 11.6. The van der Waals surface area contributed by atoms with E-state index in [4.69, 9.17) is 11.6 Å². The topological polar surface area (TPSA) is 46.1 Å². The predicted molar refractivity (Wildman–Crippen MR) is 50.0 cm³/mol. The Hall–Kier alpha value is -0.940. The summed E-state index contributed by atoms with van der Waals surface area (Å²) >= 11 is 6.68. The largest absolute Gasteiger partial charge is 0.329 e. The van der Waals surface area contributed by atoms with Crippen LogP contribution >= 0.6 is 22.9 Å². The van der Waals surface area contributed by atoms with Crippen molar-refractivity contribution in [3.05, 3.63) is 21.6 Å². The number of halogens is 1. The summed E-state index contributed by atoms with van der Waals surface area (Å²) in [7, 11) is 0. The van der Waals surface area contributed by atoms with Crippen molar-refractivity contribution in [3.8, 4) is 0 Å². The molecule has 0 radical (unpaired) electrons. The van der Waals surface area contributed by atoms with Gasteiger partial charge in [0.2, 0.25) is 9.47 Å². The minimum absolute atomic E-state index is 0.102. The average molecular weight is 216 g/mol. The van der Waals surface area contributed by atoms with Crippen LogP contribution in [0.5, 0.6) is 0 Å². The molecule has 0 spiro atoms. The maximum Gasteiger partial charge on any atom is 0.285 e. The third-order valence-electron chi connectivity index (χ3n) is 1.69. The quantitative estimate of drug-likeness (QED) is 0.662. The monoisotopic (exact) mass is 215 g/mol.